The van der Waals surface area contributed by atoms with E-state index in [0.717, 1.165) is 11.3 Å². The zero-order valence-electron chi connectivity index (χ0n) is 17.6. The number of carbonyl (C=O) groups is 2. The van der Waals surface area contributed by atoms with Crippen LogP contribution in [-0.4, -0.2) is 24.0 Å². The zero-order chi connectivity index (χ0) is 22.9. The maximum Gasteiger partial charge on any atom is 0.349 e. The summed E-state index contributed by atoms with van der Waals surface area (Å²) in [4.78, 5) is 28.8. The fourth-order valence-corrected chi connectivity index (χ4v) is 3.47. The van der Waals surface area contributed by atoms with Gasteiger partial charge in [-0.3, -0.25) is 4.79 Å². The van der Waals surface area contributed by atoms with Crippen molar-refractivity contribution in [3.05, 3.63) is 81.3 Å². The number of nitrogens with one attached hydrogen (secondary N) is 1. The lowest BCUT2D eigenvalue weighted by Gasteiger charge is -2.04. The molecule has 0 radical (unpaired) electrons. The van der Waals surface area contributed by atoms with Crippen molar-refractivity contribution < 1.29 is 19.1 Å². The Hall–Kier alpha value is -3.96. The number of methoxy groups -OCH3 is 1. The van der Waals surface area contributed by atoms with Gasteiger partial charge < -0.3 is 14.8 Å². The highest BCUT2D eigenvalue weighted by molar-refractivity contribution is 7.09. The average molecular weight is 448 g/mol. The minimum absolute atomic E-state index is 0.0868. The quantitative estimate of drug-likeness (QED) is 0.314. The van der Waals surface area contributed by atoms with E-state index >= 15 is 0 Å². The first kappa shape index (κ1) is 22.7. The number of amides is 1. The number of anilines is 1. The molecule has 0 unspecified atom stereocenters. The number of carbonyl (C=O) groups excluding carboxylic acids is 2. The molecule has 0 aliphatic carbocycles. The molecule has 162 valence electrons. The molecule has 1 heterocycles. The molecule has 0 bridgehead atoms. The Morgan fingerprint density at radius 1 is 1.16 bits per heavy atom. The molecular weight excluding hydrogens is 426 g/mol. The van der Waals surface area contributed by atoms with E-state index in [1.807, 2.05) is 37.3 Å². The summed E-state index contributed by atoms with van der Waals surface area (Å²) < 4.78 is 10.3. The third-order valence-electron chi connectivity index (χ3n) is 4.36. The van der Waals surface area contributed by atoms with Gasteiger partial charge in [0, 0.05) is 11.1 Å². The Morgan fingerprint density at radius 2 is 1.88 bits per heavy atom. The van der Waals surface area contributed by atoms with Crippen molar-refractivity contribution in [3.8, 4) is 11.8 Å². The van der Waals surface area contributed by atoms with Crippen LogP contribution in [0.4, 0.5) is 5.69 Å². The van der Waals surface area contributed by atoms with Crippen LogP contribution in [-0.2, 0) is 27.4 Å². The van der Waals surface area contributed by atoms with Gasteiger partial charge in [0.05, 0.1) is 19.2 Å². The van der Waals surface area contributed by atoms with Crippen molar-refractivity contribution in [3.63, 3.8) is 0 Å². The van der Waals surface area contributed by atoms with Crippen LogP contribution in [0.5, 0.6) is 5.75 Å². The second-order valence-electron chi connectivity index (χ2n) is 6.84. The number of ether oxygens (including phenoxy) is 2. The summed E-state index contributed by atoms with van der Waals surface area (Å²) >= 11 is 1.31. The van der Waals surface area contributed by atoms with E-state index in [1.54, 1.807) is 36.8 Å². The summed E-state index contributed by atoms with van der Waals surface area (Å²) in [5, 5.41) is 14.4. The van der Waals surface area contributed by atoms with Gasteiger partial charge in [-0.2, -0.15) is 5.26 Å². The molecule has 1 amide bonds. The van der Waals surface area contributed by atoms with Crippen LogP contribution in [0.25, 0.3) is 6.08 Å². The molecule has 2 aromatic carbocycles. The molecule has 0 atom stereocenters. The Balaban J connectivity index is 1.53. The van der Waals surface area contributed by atoms with Crippen molar-refractivity contribution in [1.82, 2.24) is 4.98 Å². The van der Waals surface area contributed by atoms with Crippen LogP contribution in [0, 0.1) is 18.3 Å². The Bertz CT molecular complexity index is 1160. The molecule has 32 heavy (non-hydrogen) atoms. The molecule has 1 N–H and O–H groups in total. The predicted octanol–water partition coefficient (Wildman–Crippen LogP) is 4.29. The minimum atomic E-state index is -0.741. The predicted molar refractivity (Wildman–Crippen MR) is 122 cm³/mol. The van der Waals surface area contributed by atoms with Crippen molar-refractivity contribution in [2.45, 2.75) is 20.0 Å². The van der Waals surface area contributed by atoms with Gasteiger partial charge in [0.1, 0.15) is 29.0 Å². The van der Waals surface area contributed by atoms with Gasteiger partial charge in [0.2, 0.25) is 5.91 Å². The third-order valence-corrected chi connectivity index (χ3v) is 5.26. The molecule has 3 rings (SSSR count). The van der Waals surface area contributed by atoms with Crippen LogP contribution in [0.15, 0.2) is 59.5 Å². The SMILES string of the molecule is COc1ccc(/C=C(\C#N)C(=O)OCc2csc(CC(=O)Nc3ccc(C)cc3)n2)cc1. The van der Waals surface area contributed by atoms with Gasteiger partial charge in [-0.1, -0.05) is 29.8 Å². The van der Waals surface area contributed by atoms with Crippen molar-refractivity contribution in [2.75, 3.05) is 12.4 Å². The zero-order valence-corrected chi connectivity index (χ0v) is 18.4. The number of rotatable bonds is 8. The average Bonchev–Trinajstić information content (AvgIpc) is 3.24. The molecule has 8 heteroatoms. The highest BCUT2D eigenvalue weighted by Crippen LogP contribution is 2.16. The number of hydrogen-bond donors (Lipinski definition) is 1. The number of nitriles is 1. The fraction of sp³-hybridized carbons (Fsp3) is 0.167. The summed E-state index contributed by atoms with van der Waals surface area (Å²) in [5.74, 6) is -0.244. The van der Waals surface area contributed by atoms with Gasteiger partial charge in [-0.15, -0.1) is 11.3 Å². The van der Waals surface area contributed by atoms with Crippen molar-refractivity contribution >= 4 is 35.0 Å². The summed E-state index contributed by atoms with van der Waals surface area (Å²) in [6.45, 7) is 1.89. The van der Waals surface area contributed by atoms with E-state index in [4.69, 9.17) is 9.47 Å². The smallest absolute Gasteiger partial charge is 0.349 e. The number of hydrogen-bond acceptors (Lipinski definition) is 7. The molecule has 0 saturated carbocycles. The second-order valence-corrected chi connectivity index (χ2v) is 7.79. The maximum atomic E-state index is 12.3. The molecule has 0 fully saturated rings. The van der Waals surface area contributed by atoms with E-state index in [2.05, 4.69) is 10.3 Å². The summed E-state index contributed by atoms with van der Waals surface area (Å²) in [5.41, 5.74) is 2.90. The summed E-state index contributed by atoms with van der Waals surface area (Å²) in [6, 6.07) is 16.3. The van der Waals surface area contributed by atoms with Gasteiger partial charge in [-0.05, 0) is 42.8 Å². The van der Waals surface area contributed by atoms with Crippen LogP contribution in [0.1, 0.15) is 21.8 Å². The first-order valence-electron chi connectivity index (χ1n) is 9.69. The fourth-order valence-electron chi connectivity index (χ4n) is 2.70. The Labute approximate surface area is 189 Å². The topological polar surface area (TPSA) is 101 Å². The lowest BCUT2D eigenvalue weighted by molar-refractivity contribution is -0.139. The van der Waals surface area contributed by atoms with E-state index in [-0.39, 0.29) is 24.5 Å². The van der Waals surface area contributed by atoms with Crippen molar-refractivity contribution in [2.24, 2.45) is 0 Å². The molecular formula is C24H21N3O4S. The first-order chi connectivity index (χ1) is 15.5. The standard InChI is InChI=1S/C24H21N3O4S/c1-16-3-7-19(8-4-16)26-22(28)12-23-27-20(15-32-23)14-31-24(29)18(13-25)11-17-5-9-21(30-2)10-6-17/h3-11,15H,12,14H2,1-2H3,(H,26,28)/b18-11+. The third kappa shape index (κ3) is 6.52. The van der Waals surface area contributed by atoms with Gasteiger partial charge in [0.15, 0.2) is 0 Å². The van der Waals surface area contributed by atoms with Crippen LogP contribution in [0.2, 0.25) is 0 Å². The molecule has 3 aromatic rings. The Morgan fingerprint density at radius 3 is 2.53 bits per heavy atom. The lowest BCUT2D eigenvalue weighted by atomic mass is 10.1. The highest BCUT2D eigenvalue weighted by Gasteiger charge is 2.13. The Kier molecular flexibility index (Phi) is 7.73. The molecule has 1 aromatic heterocycles. The molecule has 0 aliphatic heterocycles. The van der Waals surface area contributed by atoms with E-state index in [9.17, 15) is 14.9 Å². The van der Waals surface area contributed by atoms with Gasteiger partial charge >= 0.3 is 5.97 Å². The molecule has 0 aliphatic rings. The second kappa shape index (κ2) is 10.9. The number of aryl methyl sites for hydroxylation is 1. The summed E-state index contributed by atoms with van der Waals surface area (Å²) in [7, 11) is 1.56. The molecule has 7 nitrogen and oxygen atoms in total. The number of thiazole rings is 1. The monoisotopic (exact) mass is 447 g/mol. The van der Waals surface area contributed by atoms with Gasteiger partial charge in [0.25, 0.3) is 0 Å². The normalized spacial score (nSPS) is 10.8. The molecule has 0 spiro atoms. The number of benzene rings is 2. The maximum absolute atomic E-state index is 12.3. The minimum Gasteiger partial charge on any atom is -0.497 e. The molecule has 0 saturated heterocycles. The number of esters is 1. The van der Waals surface area contributed by atoms with E-state index in [1.165, 1.54) is 17.4 Å². The van der Waals surface area contributed by atoms with E-state index < -0.39 is 5.97 Å². The number of aromatic nitrogens is 1. The highest BCUT2D eigenvalue weighted by atomic mass is 32.1. The van der Waals surface area contributed by atoms with Crippen LogP contribution >= 0.6 is 11.3 Å². The van der Waals surface area contributed by atoms with Crippen molar-refractivity contribution in [1.29, 1.82) is 5.26 Å². The van der Waals surface area contributed by atoms with Crippen LogP contribution < -0.4 is 10.1 Å². The lowest BCUT2D eigenvalue weighted by Crippen LogP contribution is -2.14. The largest absolute Gasteiger partial charge is 0.497 e. The van der Waals surface area contributed by atoms with Gasteiger partial charge in [-0.25, -0.2) is 9.78 Å². The number of nitrogens with zero attached hydrogens (tertiary/aromatic N) is 2. The van der Waals surface area contributed by atoms with E-state index in [0.29, 0.717) is 22.0 Å². The van der Waals surface area contributed by atoms with Crippen LogP contribution in [0.3, 0.4) is 0 Å². The first-order valence-corrected chi connectivity index (χ1v) is 10.6. The summed E-state index contributed by atoms with van der Waals surface area (Å²) in [6.07, 6.45) is 1.57.